The summed E-state index contributed by atoms with van der Waals surface area (Å²) in [5.74, 6) is 0.515. The van der Waals surface area contributed by atoms with Crippen LogP contribution in [0.5, 0.6) is 0 Å². The van der Waals surface area contributed by atoms with Crippen molar-refractivity contribution in [3.63, 3.8) is 0 Å². The minimum absolute atomic E-state index is 0.137. The van der Waals surface area contributed by atoms with Gasteiger partial charge in [0, 0.05) is 24.4 Å². The van der Waals surface area contributed by atoms with E-state index in [2.05, 4.69) is 16.4 Å². The van der Waals surface area contributed by atoms with Crippen molar-refractivity contribution < 1.29 is 14.3 Å². The monoisotopic (exact) mass is 322 g/mol. The summed E-state index contributed by atoms with van der Waals surface area (Å²) in [4.78, 5) is 30.3. The predicted molar refractivity (Wildman–Crippen MR) is 89.1 cm³/mol. The Morgan fingerprint density at radius 1 is 1.29 bits per heavy atom. The molecule has 0 atom stereocenters. The second kappa shape index (κ2) is 7.60. The van der Waals surface area contributed by atoms with Crippen LogP contribution in [0.3, 0.4) is 0 Å². The Morgan fingerprint density at radius 3 is 2.83 bits per heavy atom. The van der Waals surface area contributed by atoms with E-state index in [0.29, 0.717) is 23.9 Å². The lowest BCUT2D eigenvalue weighted by Gasteiger charge is -2.21. The van der Waals surface area contributed by atoms with Crippen LogP contribution in [0.4, 0.5) is 5.82 Å². The first-order valence-corrected chi connectivity index (χ1v) is 8.00. The van der Waals surface area contributed by atoms with Gasteiger partial charge in [-0.1, -0.05) is 17.5 Å². The van der Waals surface area contributed by atoms with Crippen LogP contribution in [0.2, 0.25) is 0 Å². The molecule has 1 saturated carbocycles. The van der Waals surface area contributed by atoms with E-state index in [1.807, 2.05) is 0 Å². The van der Waals surface area contributed by atoms with E-state index in [4.69, 9.17) is 4.74 Å². The molecule has 1 amide bonds. The van der Waals surface area contributed by atoms with Crippen molar-refractivity contribution in [1.29, 1.82) is 0 Å². The van der Waals surface area contributed by atoms with Gasteiger partial charge in [0.25, 0.3) is 5.91 Å². The zero-order valence-electron chi connectivity index (χ0n) is 13.3. The molecule has 2 aliphatic carbocycles. The maximum atomic E-state index is 12.7. The van der Waals surface area contributed by atoms with E-state index >= 15 is 0 Å². The Morgan fingerprint density at radius 2 is 2.17 bits per heavy atom. The van der Waals surface area contributed by atoms with Crippen LogP contribution in [0.1, 0.15) is 19.3 Å². The predicted octanol–water partition coefficient (Wildman–Crippen LogP) is 2.56. The van der Waals surface area contributed by atoms with Gasteiger partial charge in [0.1, 0.15) is 5.82 Å². The van der Waals surface area contributed by atoms with Gasteiger partial charge in [-0.3, -0.25) is 14.5 Å². The van der Waals surface area contributed by atoms with Crippen molar-refractivity contribution in [2.75, 3.05) is 18.1 Å². The molecular weight excluding hydrogens is 304 g/mol. The molecule has 5 heteroatoms. The molecule has 1 aromatic heterocycles. The molecule has 5 nitrogen and oxygen atoms in total. The molecule has 2 aliphatic rings. The van der Waals surface area contributed by atoms with E-state index in [1.54, 1.807) is 42.6 Å². The van der Waals surface area contributed by atoms with Crippen LogP contribution in [0, 0.1) is 5.92 Å². The lowest BCUT2D eigenvalue weighted by atomic mass is 10.1. The Kier molecular flexibility index (Phi) is 5.07. The number of anilines is 1. The summed E-state index contributed by atoms with van der Waals surface area (Å²) in [6.07, 6.45) is 8.89. The van der Waals surface area contributed by atoms with Gasteiger partial charge >= 0.3 is 5.97 Å². The molecule has 0 aromatic carbocycles. The van der Waals surface area contributed by atoms with Gasteiger partial charge in [-0.15, -0.1) is 0 Å². The molecule has 0 unspecified atom stereocenters. The molecule has 0 bridgehead atoms. The number of ether oxygens (including phenoxy) is 1. The molecule has 1 heterocycles. The summed E-state index contributed by atoms with van der Waals surface area (Å²) in [6.45, 7) is 0.706. The fourth-order valence-electron chi connectivity index (χ4n) is 2.24. The van der Waals surface area contributed by atoms with E-state index in [9.17, 15) is 9.59 Å². The number of amides is 1. The van der Waals surface area contributed by atoms with Crippen molar-refractivity contribution in [3.05, 3.63) is 59.7 Å². The minimum atomic E-state index is -0.288. The Balaban J connectivity index is 1.66. The molecule has 1 fully saturated rings. The number of pyridine rings is 1. The number of carbonyl (C=O) groups excluding carboxylic acids is 2. The second-order valence-electron chi connectivity index (χ2n) is 5.74. The number of nitrogens with zero attached hydrogens (tertiary/aromatic N) is 2. The van der Waals surface area contributed by atoms with Crippen LogP contribution in [0.25, 0.3) is 0 Å². The van der Waals surface area contributed by atoms with E-state index < -0.39 is 0 Å². The van der Waals surface area contributed by atoms with Gasteiger partial charge in [0.15, 0.2) is 0 Å². The largest absolute Gasteiger partial charge is 0.465 e. The first-order valence-electron chi connectivity index (χ1n) is 8.00. The third-order valence-corrected chi connectivity index (χ3v) is 3.79. The normalized spacial score (nSPS) is 15.1. The number of esters is 1. The maximum Gasteiger partial charge on any atom is 0.307 e. The first-order chi connectivity index (χ1) is 11.7. The number of hydrogen-bond donors (Lipinski definition) is 0. The minimum Gasteiger partial charge on any atom is -0.465 e. The zero-order chi connectivity index (χ0) is 16.8. The topological polar surface area (TPSA) is 59.5 Å². The van der Waals surface area contributed by atoms with Crippen molar-refractivity contribution >= 4 is 17.7 Å². The highest BCUT2D eigenvalue weighted by Crippen LogP contribution is 2.28. The molecule has 0 spiro atoms. The molecule has 24 heavy (non-hydrogen) atoms. The van der Waals surface area contributed by atoms with E-state index in [0.717, 1.165) is 12.8 Å². The van der Waals surface area contributed by atoms with Crippen molar-refractivity contribution in [2.24, 2.45) is 5.92 Å². The average Bonchev–Trinajstić information content (AvgIpc) is 3.46. The fourth-order valence-corrected chi connectivity index (χ4v) is 2.24. The summed E-state index contributed by atoms with van der Waals surface area (Å²) in [5.41, 5.74) is 6.01. The highest BCUT2D eigenvalue weighted by molar-refractivity contribution is 6.07. The SMILES string of the molecule is O=C(CCN(C(=O)C1=CC=C=C=C1)c1ccccn1)OCC1CC1. The maximum absolute atomic E-state index is 12.7. The molecule has 0 aliphatic heterocycles. The molecule has 0 N–H and O–H groups in total. The van der Waals surface area contributed by atoms with Crippen LogP contribution in [-0.4, -0.2) is 30.0 Å². The second-order valence-corrected chi connectivity index (χ2v) is 5.74. The van der Waals surface area contributed by atoms with Gasteiger partial charge in [0.2, 0.25) is 0 Å². The molecule has 0 radical (unpaired) electrons. The molecule has 3 rings (SSSR count). The third kappa shape index (κ3) is 4.32. The number of hydrogen-bond acceptors (Lipinski definition) is 4. The molecule has 122 valence electrons. The van der Waals surface area contributed by atoms with Gasteiger partial charge in [-0.05, 0) is 43.0 Å². The number of rotatable bonds is 7. The third-order valence-electron chi connectivity index (χ3n) is 3.79. The number of allylic oxidation sites excluding steroid dienone is 2. The van der Waals surface area contributed by atoms with Crippen molar-refractivity contribution in [3.8, 4) is 0 Å². The van der Waals surface area contributed by atoms with Gasteiger partial charge in [-0.2, -0.15) is 0 Å². The van der Waals surface area contributed by atoms with Crippen LogP contribution < -0.4 is 4.90 Å². The van der Waals surface area contributed by atoms with Gasteiger partial charge in [-0.25, -0.2) is 4.98 Å². The molecule has 1 aromatic rings. The summed E-state index contributed by atoms with van der Waals surface area (Å²) in [6, 6.07) is 5.33. The Hall–Kier alpha value is -2.87. The fraction of sp³-hybridized carbons (Fsp3) is 0.316. The zero-order valence-corrected chi connectivity index (χ0v) is 13.3. The lowest BCUT2D eigenvalue weighted by Crippen LogP contribution is -2.34. The quantitative estimate of drug-likeness (QED) is 0.572. The average molecular weight is 322 g/mol. The highest BCUT2D eigenvalue weighted by Gasteiger charge is 2.24. The highest BCUT2D eigenvalue weighted by atomic mass is 16.5. The molecular formula is C19H18N2O3. The van der Waals surface area contributed by atoms with E-state index in [1.165, 1.54) is 4.90 Å². The Labute approximate surface area is 140 Å². The smallest absolute Gasteiger partial charge is 0.307 e. The van der Waals surface area contributed by atoms with Crippen LogP contribution in [-0.2, 0) is 14.3 Å². The molecule has 0 saturated heterocycles. The summed E-state index contributed by atoms with van der Waals surface area (Å²) in [7, 11) is 0. The number of carbonyl (C=O) groups is 2. The van der Waals surface area contributed by atoms with Crippen molar-refractivity contribution in [1.82, 2.24) is 4.98 Å². The summed E-state index contributed by atoms with van der Waals surface area (Å²) < 4.78 is 5.23. The number of aromatic nitrogens is 1. The van der Waals surface area contributed by atoms with Crippen LogP contribution in [0.15, 0.2) is 59.7 Å². The summed E-state index contributed by atoms with van der Waals surface area (Å²) >= 11 is 0. The van der Waals surface area contributed by atoms with Crippen LogP contribution >= 0.6 is 0 Å². The van der Waals surface area contributed by atoms with E-state index in [-0.39, 0.29) is 24.8 Å². The summed E-state index contributed by atoms with van der Waals surface area (Å²) in [5, 5.41) is 0. The van der Waals surface area contributed by atoms with Gasteiger partial charge in [0.05, 0.1) is 13.0 Å². The first kappa shape index (κ1) is 16.0. The van der Waals surface area contributed by atoms with Gasteiger partial charge < -0.3 is 4.74 Å². The standard InChI is InChI=1S/C19H18N2O3/c22-18(24-14-15-9-10-15)11-13-21(17-8-4-5-12-20-17)19(23)16-6-2-1-3-7-16/h2,4-8,12,15H,9-11,13-14H2. The Bertz CT molecular complexity index is 750. The lowest BCUT2D eigenvalue weighted by molar-refractivity contribution is -0.143. The van der Waals surface area contributed by atoms with Crippen molar-refractivity contribution in [2.45, 2.75) is 19.3 Å².